The van der Waals surface area contributed by atoms with Crippen LogP contribution in [-0.4, -0.2) is 73.9 Å². The molecule has 284 valence electrons. The molecule has 0 radical (unpaired) electrons. The SMILES string of the molecule is COc1ccc(CSCCNCCNc2cc(CN(C(=N)NC(=O)OC(C)(C)C)C(=O)OC(C)(C)C)c(Cl)cc2SCc2ccc(OC)cc2)cc1. The zero-order valence-corrected chi connectivity index (χ0v) is 33.7. The third-order valence-corrected chi connectivity index (χ3v) is 9.51. The summed E-state index contributed by atoms with van der Waals surface area (Å²) < 4.78 is 21.4. The predicted molar refractivity (Wildman–Crippen MR) is 213 cm³/mol. The summed E-state index contributed by atoms with van der Waals surface area (Å²) in [6.45, 7) is 12.4. The van der Waals surface area contributed by atoms with Gasteiger partial charge in [-0.2, -0.15) is 11.8 Å². The Kier molecular flexibility index (Phi) is 16.8. The molecule has 2 amide bonds. The largest absolute Gasteiger partial charge is 0.497 e. The van der Waals surface area contributed by atoms with Crippen molar-refractivity contribution in [1.29, 1.82) is 5.41 Å². The van der Waals surface area contributed by atoms with Crippen molar-refractivity contribution in [2.24, 2.45) is 0 Å². The van der Waals surface area contributed by atoms with Crippen molar-refractivity contribution in [1.82, 2.24) is 15.5 Å². The van der Waals surface area contributed by atoms with Gasteiger partial charge in [-0.25, -0.2) is 14.5 Å². The smallest absolute Gasteiger partial charge is 0.417 e. The summed E-state index contributed by atoms with van der Waals surface area (Å²) in [5.41, 5.74) is 2.11. The minimum absolute atomic E-state index is 0.135. The Labute approximate surface area is 321 Å². The molecule has 3 rings (SSSR count). The predicted octanol–water partition coefficient (Wildman–Crippen LogP) is 8.78. The molecule has 0 unspecified atom stereocenters. The Morgan fingerprint density at radius 2 is 1.38 bits per heavy atom. The van der Waals surface area contributed by atoms with Crippen molar-refractivity contribution in [2.75, 3.05) is 44.9 Å². The maximum atomic E-state index is 13.3. The number of carbonyl (C=O) groups is 2. The molecule has 52 heavy (non-hydrogen) atoms. The number of thioether (sulfide) groups is 2. The number of benzene rings is 3. The zero-order chi connectivity index (χ0) is 38.3. The molecule has 0 aliphatic heterocycles. The Bertz CT molecular complexity index is 1610. The first kappa shape index (κ1) is 42.6. The summed E-state index contributed by atoms with van der Waals surface area (Å²) in [6.07, 6.45) is -1.68. The van der Waals surface area contributed by atoms with Gasteiger partial charge in [0.2, 0.25) is 5.96 Å². The van der Waals surface area contributed by atoms with Crippen LogP contribution in [0, 0.1) is 5.41 Å². The number of carbonyl (C=O) groups excluding carboxylic acids is 2. The van der Waals surface area contributed by atoms with Gasteiger partial charge in [0.05, 0.1) is 20.8 Å². The molecule has 0 bridgehead atoms. The highest BCUT2D eigenvalue weighted by atomic mass is 35.5. The van der Waals surface area contributed by atoms with Gasteiger partial charge in [-0.3, -0.25) is 10.7 Å². The molecule has 0 heterocycles. The first-order valence-corrected chi connectivity index (χ1v) is 19.4. The number of alkyl carbamates (subject to hydrolysis) is 1. The monoisotopic (exact) mass is 773 g/mol. The highest BCUT2D eigenvalue weighted by Gasteiger charge is 2.29. The summed E-state index contributed by atoms with van der Waals surface area (Å²) in [5, 5.41) is 18.4. The molecule has 0 aliphatic rings. The van der Waals surface area contributed by atoms with Crippen LogP contribution >= 0.6 is 35.1 Å². The molecule has 11 nitrogen and oxygen atoms in total. The quantitative estimate of drug-likeness (QED) is 0.0485. The summed E-state index contributed by atoms with van der Waals surface area (Å²) >= 11 is 10.3. The molecule has 0 saturated carbocycles. The van der Waals surface area contributed by atoms with E-state index >= 15 is 0 Å². The van der Waals surface area contributed by atoms with E-state index in [0.29, 0.717) is 22.9 Å². The fraction of sp³-hybridized carbons (Fsp3) is 0.447. The lowest BCUT2D eigenvalue weighted by Crippen LogP contribution is -2.49. The summed E-state index contributed by atoms with van der Waals surface area (Å²) in [6, 6.07) is 19.8. The summed E-state index contributed by atoms with van der Waals surface area (Å²) in [5.74, 6) is 3.72. The second-order valence-electron chi connectivity index (χ2n) is 13.7. The molecule has 0 aliphatic carbocycles. The third-order valence-electron chi connectivity index (χ3n) is 7.00. The van der Waals surface area contributed by atoms with Gasteiger partial charge in [-0.1, -0.05) is 35.9 Å². The van der Waals surface area contributed by atoms with Crippen molar-refractivity contribution in [3.63, 3.8) is 0 Å². The average Bonchev–Trinajstić information content (AvgIpc) is 3.07. The Balaban J connectivity index is 1.73. The maximum Gasteiger partial charge on any atom is 0.417 e. The second kappa shape index (κ2) is 20.5. The molecule has 0 fully saturated rings. The average molecular weight is 774 g/mol. The number of nitrogens with one attached hydrogen (secondary N) is 4. The fourth-order valence-electron chi connectivity index (χ4n) is 4.52. The van der Waals surface area contributed by atoms with Crippen LogP contribution in [0.5, 0.6) is 11.5 Å². The van der Waals surface area contributed by atoms with Gasteiger partial charge < -0.3 is 29.6 Å². The molecular weight excluding hydrogens is 722 g/mol. The Morgan fingerprint density at radius 1 is 0.808 bits per heavy atom. The number of rotatable bonds is 16. The fourth-order valence-corrected chi connectivity index (χ4v) is 6.67. The van der Waals surface area contributed by atoms with E-state index in [4.69, 9.17) is 36.0 Å². The van der Waals surface area contributed by atoms with E-state index in [0.717, 1.165) is 57.1 Å². The van der Waals surface area contributed by atoms with Crippen molar-refractivity contribution >= 4 is 59.0 Å². The van der Waals surface area contributed by atoms with Crippen LogP contribution in [0.1, 0.15) is 58.2 Å². The molecule has 0 saturated heterocycles. The molecule has 3 aromatic rings. The van der Waals surface area contributed by atoms with Crippen LogP contribution in [0.4, 0.5) is 15.3 Å². The maximum absolute atomic E-state index is 13.3. The minimum Gasteiger partial charge on any atom is -0.497 e. The van der Waals surface area contributed by atoms with Gasteiger partial charge in [0.25, 0.3) is 0 Å². The van der Waals surface area contributed by atoms with E-state index in [1.165, 1.54) is 5.56 Å². The van der Waals surface area contributed by atoms with Crippen LogP contribution in [0.3, 0.4) is 0 Å². The van der Waals surface area contributed by atoms with Crippen molar-refractivity contribution < 1.29 is 28.5 Å². The lowest BCUT2D eigenvalue weighted by atomic mass is 10.1. The summed E-state index contributed by atoms with van der Waals surface area (Å²) in [7, 11) is 3.31. The molecule has 4 N–H and O–H groups in total. The summed E-state index contributed by atoms with van der Waals surface area (Å²) in [4.78, 5) is 27.8. The number of hydrogen-bond acceptors (Lipinski definition) is 11. The van der Waals surface area contributed by atoms with E-state index in [1.54, 1.807) is 67.5 Å². The minimum atomic E-state index is -0.864. The first-order chi connectivity index (χ1) is 24.6. The Morgan fingerprint density at radius 3 is 1.94 bits per heavy atom. The van der Waals surface area contributed by atoms with Gasteiger partial charge in [0, 0.05) is 52.5 Å². The zero-order valence-electron chi connectivity index (χ0n) is 31.3. The molecule has 0 spiro atoms. The van der Waals surface area contributed by atoms with Crippen LogP contribution in [0.25, 0.3) is 0 Å². The normalized spacial score (nSPS) is 11.4. The molecule has 3 aromatic carbocycles. The first-order valence-electron chi connectivity index (χ1n) is 16.9. The van der Waals surface area contributed by atoms with E-state index in [9.17, 15) is 9.59 Å². The molecule has 0 aromatic heterocycles. The third kappa shape index (κ3) is 15.4. The van der Waals surface area contributed by atoms with Gasteiger partial charge >= 0.3 is 12.2 Å². The van der Waals surface area contributed by atoms with Gasteiger partial charge in [-0.15, -0.1) is 11.8 Å². The number of hydrogen-bond donors (Lipinski definition) is 4. The second-order valence-corrected chi connectivity index (χ2v) is 16.2. The molecule has 0 atom stereocenters. The van der Waals surface area contributed by atoms with E-state index in [-0.39, 0.29) is 6.54 Å². The van der Waals surface area contributed by atoms with Gasteiger partial charge in [0.1, 0.15) is 22.7 Å². The molecule has 14 heteroatoms. The topological polar surface area (TPSA) is 134 Å². The number of amides is 2. The highest BCUT2D eigenvalue weighted by Crippen LogP contribution is 2.36. The number of nitrogens with zero attached hydrogens (tertiary/aromatic N) is 1. The van der Waals surface area contributed by atoms with Crippen LogP contribution in [0.15, 0.2) is 65.6 Å². The standard InChI is InChI=1S/C38H52ClN5O6S2/c1-37(2,3)49-35(45)43-34(40)44(36(46)50-38(4,5)6)23-28-21-32(33(22-31(28)39)52-25-27-11-15-30(48-8)16-12-27)42-18-17-41-19-20-51-24-26-9-13-29(47-7)14-10-26/h9-16,21-22,41-42H,17-20,23-25H2,1-8H3,(H2,40,43,45). The number of ether oxygens (including phenoxy) is 4. The van der Waals surface area contributed by atoms with Crippen molar-refractivity contribution in [2.45, 2.75) is 75.7 Å². The van der Waals surface area contributed by atoms with Crippen molar-refractivity contribution in [3.8, 4) is 11.5 Å². The van der Waals surface area contributed by atoms with Crippen LogP contribution in [-0.2, 0) is 27.5 Å². The number of guanidine groups is 1. The lowest BCUT2D eigenvalue weighted by Gasteiger charge is -2.28. The number of anilines is 1. The Hall–Kier alpha value is -3.78. The highest BCUT2D eigenvalue weighted by molar-refractivity contribution is 7.98. The molecular formula is C38H52ClN5O6S2. The van der Waals surface area contributed by atoms with E-state index in [1.807, 2.05) is 60.3 Å². The van der Waals surface area contributed by atoms with Crippen LogP contribution < -0.4 is 25.4 Å². The van der Waals surface area contributed by atoms with Gasteiger partial charge in [0.15, 0.2) is 0 Å². The van der Waals surface area contributed by atoms with Gasteiger partial charge in [-0.05, 0) is 94.6 Å². The van der Waals surface area contributed by atoms with E-state index < -0.39 is 29.3 Å². The van der Waals surface area contributed by atoms with Crippen molar-refractivity contribution in [3.05, 3.63) is 82.4 Å². The van der Waals surface area contributed by atoms with E-state index in [2.05, 4.69) is 28.1 Å². The van der Waals surface area contributed by atoms with Crippen LogP contribution in [0.2, 0.25) is 5.02 Å². The number of methoxy groups -OCH3 is 2. The lowest BCUT2D eigenvalue weighted by molar-refractivity contribution is 0.0346. The number of halogens is 1.